The van der Waals surface area contributed by atoms with E-state index in [4.69, 9.17) is 4.74 Å². The number of hydrogen-bond donors (Lipinski definition) is 2. The van der Waals surface area contributed by atoms with Gasteiger partial charge in [0, 0.05) is 24.4 Å². The Balaban J connectivity index is 1.80. The summed E-state index contributed by atoms with van der Waals surface area (Å²) in [6, 6.07) is 19.6. The van der Waals surface area contributed by atoms with Gasteiger partial charge >= 0.3 is 0 Å². The highest BCUT2D eigenvalue weighted by molar-refractivity contribution is 6.46. The molecular weight excluding hydrogens is 430 g/mol. The summed E-state index contributed by atoms with van der Waals surface area (Å²) in [7, 11) is 1.56. The zero-order chi connectivity index (χ0) is 24.4. The van der Waals surface area contributed by atoms with Gasteiger partial charge in [-0.25, -0.2) is 4.90 Å². The molecule has 0 saturated heterocycles. The molecule has 0 fully saturated rings. The van der Waals surface area contributed by atoms with Crippen LogP contribution in [0.4, 0.5) is 17.1 Å². The third kappa shape index (κ3) is 4.54. The van der Waals surface area contributed by atoms with E-state index in [0.29, 0.717) is 28.4 Å². The third-order valence-corrected chi connectivity index (χ3v) is 5.38. The molecule has 1 aliphatic rings. The van der Waals surface area contributed by atoms with Crippen molar-refractivity contribution in [2.24, 2.45) is 0 Å². The molecule has 2 N–H and O–H groups in total. The lowest BCUT2D eigenvalue weighted by Crippen LogP contribution is -2.32. The molecule has 7 heteroatoms. The van der Waals surface area contributed by atoms with Crippen LogP contribution in [0.25, 0.3) is 5.57 Å². The van der Waals surface area contributed by atoms with Crippen molar-refractivity contribution in [1.29, 1.82) is 0 Å². The number of hydrogen-bond acceptors (Lipinski definition) is 5. The van der Waals surface area contributed by atoms with Crippen LogP contribution < -0.4 is 20.3 Å². The molecule has 0 atom stereocenters. The molecule has 0 aliphatic carbocycles. The maximum absolute atomic E-state index is 13.6. The maximum atomic E-state index is 13.6. The SMILES string of the molecule is COc1cccc(NC2=C(c3ccc(NC(C)=O)cc3)C(=O)N(c3cc(C)cc(C)c3)C2=O)c1. The van der Waals surface area contributed by atoms with E-state index in [0.717, 1.165) is 11.1 Å². The van der Waals surface area contributed by atoms with Crippen LogP contribution in [0, 0.1) is 13.8 Å². The first-order valence-electron chi connectivity index (χ1n) is 10.8. The average molecular weight is 456 g/mol. The van der Waals surface area contributed by atoms with E-state index in [2.05, 4.69) is 10.6 Å². The standard InChI is InChI=1S/C27H25N3O4/c1-16-12-17(2)14-22(13-16)30-26(32)24(19-8-10-20(11-9-19)28-18(3)31)25(27(30)33)29-21-6-5-7-23(15-21)34-4/h5-15,29H,1-4H3,(H,28,31). The summed E-state index contributed by atoms with van der Waals surface area (Å²) in [6.07, 6.45) is 0. The molecule has 172 valence electrons. The van der Waals surface area contributed by atoms with Crippen LogP contribution in [0.3, 0.4) is 0 Å². The Morgan fingerprint density at radius 1 is 0.853 bits per heavy atom. The molecule has 0 unspecified atom stereocenters. The predicted octanol–water partition coefficient (Wildman–Crippen LogP) is 4.67. The molecule has 0 saturated carbocycles. The Morgan fingerprint density at radius 3 is 2.15 bits per heavy atom. The Kier molecular flexibility index (Phi) is 6.19. The molecule has 7 nitrogen and oxygen atoms in total. The van der Waals surface area contributed by atoms with E-state index in [1.807, 2.05) is 32.0 Å². The fraction of sp³-hybridized carbons (Fsp3) is 0.148. The zero-order valence-corrected chi connectivity index (χ0v) is 19.4. The first-order chi connectivity index (χ1) is 16.3. The summed E-state index contributed by atoms with van der Waals surface area (Å²) < 4.78 is 5.29. The zero-order valence-electron chi connectivity index (χ0n) is 19.4. The fourth-order valence-electron chi connectivity index (χ4n) is 4.00. The number of benzene rings is 3. The number of carbonyl (C=O) groups is 3. The number of ether oxygens (including phenoxy) is 1. The number of methoxy groups -OCH3 is 1. The second-order valence-corrected chi connectivity index (χ2v) is 8.16. The molecule has 3 amide bonds. The lowest BCUT2D eigenvalue weighted by molar-refractivity contribution is -0.120. The number of imide groups is 1. The summed E-state index contributed by atoms with van der Waals surface area (Å²) in [4.78, 5) is 39.8. The average Bonchev–Trinajstić information content (AvgIpc) is 3.02. The molecule has 1 heterocycles. The fourth-order valence-corrected chi connectivity index (χ4v) is 4.00. The lowest BCUT2D eigenvalue weighted by Gasteiger charge is -2.17. The van der Waals surface area contributed by atoms with Crippen LogP contribution in [0.15, 0.2) is 72.4 Å². The van der Waals surface area contributed by atoms with Crippen molar-refractivity contribution in [3.8, 4) is 5.75 Å². The second-order valence-electron chi connectivity index (χ2n) is 8.16. The topological polar surface area (TPSA) is 87.7 Å². The molecule has 4 rings (SSSR count). The first-order valence-corrected chi connectivity index (χ1v) is 10.8. The van der Waals surface area contributed by atoms with Crippen molar-refractivity contribution in [1.82, 2.24) is 0 Å². The molecule has 0 bridgehead atoms. The number of rotatable bonds is 6. The van der Waals surface area contributed by atoms with Crippen molar-refractivity contribution in [3.63, 3.8) is 0 Å². The molecule has 3 aromatic rings. The Morgan fingerprint density at radius 2 is 1.53 bits per heavy atom. The van der Waals surface area contributed by atoms with Gasteiger partial charge < -0.3 is 15.4 Å². The number of amides is 3. The lowest BCUT2D eigenvalue weighted by atomic mass is 10.0. The van der Waals surface area contributed by atoms with Crippen LogP contribution in [-0.4, -0.2) is 24.8 Å². The largest absolute Gasteiger partial charge is 0.497 e. The van der Waals surface area contributed by atoms with Gasteiger partial charge in [0.05, 0.1) is 18.4 Å². The van der Waals surface area contributed by atoms with Gasteiger partial charge in [-0.3, -0.25) is 14.4 Å². The second kappa shape index (κ2) is 9.23. The minimum Gasteiger partial charge on any atom is -0.497 e. The van der Waals surface area contributed by atoms with E-state index >= 15 is 0 Å². The molecule has 3 aromatic carbocycles. The molecular formula is C27H25N3O4. The Bertz CT molecular complexity index is 1310. The van der Waals surface area contributed by atoms with Crippen LogP contribution in [0.2, 0.25) is 0 Å². The van der Waals surface area contributed by atoms with E-state index in [1.165, 1.54) is 11.8 Å². The van der Waals surface area contributed by atoms with Gasteiger partial charge in [-0.2, -0.15) is 0 Å². The smallest absolute Gasteiger partial charge is 0.282 e. The summed E-state index contributed by atoms with van der Waals surface area (Å²) in [5.74, 6) is -0.443. The highest BCUT2D eigenvalue weighted by Gasteiger charge is 2.40. The van der Waals surface area contributed by atoms with Crippen LogP contribution in [0.1, 0.15) is 23.6 Å². The van der Waals surface area contributed by atoms with Crippen LogP contribution in [-0.2, 0) is 14.4 Å². The molecule has 0 aromatic heterocycles. The monoisotopic (exact) mass is 455 g/mol. The highest BCUT2D eigenvalue weighted by atomic mass is 16.5. The van der Waals surface area contributed by atoms with Gasteiger partial charge in [-0.05, 0) is 66.9 Å². The number of carbonyl (C=O) groups excluding carboxylic acids is 3. The van der Waals surface area contributed by atoms with Gasteiger partial charge in [0.15, 0.2) is 0 Å². The highest BCUT2D eigenvalue weighted by Crippen LogP contribution is 2.35. The Labute approximate surface area is 198 Å². The van der Waals surface area contributed by atoms with E-state index in [-0.39, 0.29) is 17.2 Å². The molecule has 0 spiro atoms. The first kappa shape index (κ1) is 22.8. The summed E-state index contributed by atoms with van der Waals surface area (Å²) >= 11 is 0. The van der Waals surface area contributed by atoms with Crippen LogP contribution >= 0.6 is 0 Å². The maximum Gasteiger partial charge on any atom is 0.282 e. The van der Waals surface area contributed by atoms with E-state index < -0.39 is 11.8 Å². The van der Waals surface area contributed by atoms with E-state index in [9.17, 15) is 14.4 Å². The number of aryl methyl sites for hydroxylation is 2. The predicted molar refractivity (Wildman–Crippen MR) is 133 cm³/mol. The van der Waals surface area contributed by atoms with Gasteiger partial charge in [0.2, 0.25) is 5.91 Å². The molecule has 34 heavy (non-hydrogen) atoms. The minimum atomic E-state index is -0.446. The van der Waals surface area contributed by atoms with Crippen LogP contribution in [0.5, 0.6) is 5.75 Å². The summed E-state index contributed by atoms with van der Waals surface area (Å²) in [5, 5.41) is 5.84. The number of anilines is 3. The minimum absolute atomic E-state index is 0.171. The summed E-state index contributed by atoms with van der Waals surface area (Å²) in [6.45, 7) is 5.27. The van der Waals surface area contributed by atoms with Crippen molar-refractivity contribution >= 4 is 40.4 Å². The Hall–Kier alpha value is -4.39. The third-order valence-electron chi connectivity index (χ3n) is 5.38. The summed E-state index contributed by atoms with van der Waals surface area (Å²) in [5.41, 5.74) is 4.61. The van der Waals surface area contributed by atoms with Crippen molar-refractivity contribution in [2.75, 3.05) is 22.6 Å². The van der Waals surface area contributed by atoms with Gasteiger partial charge in [-0.1, -0.05) is 24.3 Å². The van der Waals surface area contributed by atoms with Crippen molar-refractivity contribution < 1.29 is 19.1 Å². The normalized spacial score (nSPS) is 13.4. The van der Waals surface area contributed by atoms with Gasteiger partial charge in [0.1, 0.15) is 11.4 Å². The van der Waals surface area contributed by atoms with E-state index in [1.54, 1.807) is 55.6 Å². The molecule has 1 aliphatic heterocycles. The molecule has 0 radical (unpaired) electrons. The van der Waals surface area contributed by atoms with Crippen molar-refractivity contribution in [2.45, 2.75) is 20.8 Å². The number of nitrogens with one attached hydrogen (secondary N) is 2. The quantitative estimate of drug-likeness (QED) is 0.528. The number of nitrogens with zero attached hydrogens (tertiary/aromatic N) is 1. The van der Waals surface area contributed by atoms with Gasteiger partial charge in [-0.15, -0.1) is 0 Å². The van der Waals surface area contributed by atoms with Crippen molar-refractivity contribution in [3.05, 3.63) is 89.1 Å². The van der Waals surface area contributed by atoms with Gasteiger partial charge in [0.25, 0.3) is 11.8 Å².